The molecule has 1 unspecified atom stereocenters. The van der Waals surface area contributed by atoms with Gasteiger partial charge in [-0.3, -0.25) is 4.99 Å². The summed E-state index contributed by atoms with van der Waals surface area (Å²) in [7, 11) is 1.76. The van der Waals surface area contributed by atoms with Crippen molar-refractivity contribution < 1.29 is 13.9 Å². The maximum absolute atomic E-state index is 13.2. The molecule has 1 atom stereocenters. The molecule has 0 bridgehead atoms. The molecule has 0 radical (unpaired) electrons. The summed E-state index contributed by atoms with van der Waals surface area (Å²) < 4.78 is 24.3. The third-order valence-electron chi connectivity index (χ3n) is 4.49. The Morgan fingerprint density at radius 2 is 2.27 bits per heavy atom. The molecule has 7 heteroatoms. The Kier molecular flexibility index (Phi) is 6.85. The van der Waals surface area contributed by atoms with E-state index in [1.165, 1.54) is 12.1 Å². The van der Waals surface area contributed by atoms with E-state index in [-0.39, 0.29) is 11.9 Å². The minimum Gasteiger partial charge on any atom is -0.379 e. The number of halogens is 1. The highest BCUT2D eigenvalue weighted by Gasteiger charge is 2.15. The molecular formula is C19H27FN4O2. The molecule has 6 nitrogen and oxygen atoms in total. The highest BCUT2D eigenvalue weighted by Crippen LogP contribution is 2.19. The molecule has 142 valence electrons. The number of hydrogen-bond donors (Lipinski definition) is 3. The summed E-state index contributed by atoms with van der Waals surface area (Å²) in [5.41, 5.74) is 1.99. The highest BCUT2D eigenvalue weighted by molar-refractivity contribution is 5.83. The zero-order chi connectivity index (χ0) is 18.2. The van der Waals surface area contributed by atoms with Crippen LogP contribution in [0.2, 0.25) is 0 Å². The zero-order valence-corrected chi connectivity index (χ0v) is 15.2. The maximum atomic E-state index is 13.2. The first-order chi connectivity index (χ1) is 12.8. The maximum Gasteiger partial charge on any atom is 0.190 e. The van der Waals surface area contributed by atoms with Crippen LogP contribution >= 0.6 is 0 Å². The average molecular weight is 362 g/mol. The number of nitrogens with zero attached hydrogens (tertiary/aromatic N) is 1. The summed E-state index contributed by atoms with van der Waals surface area (Å²) in [5.74, 6) is 0.554. The number of benzene rings is 1. The van der Waals surface area contributed by atoms with E-state index in [9.17, 15) is 4.39 Å². The van der Waals surface area contributed by atoms with Crippen LogP contribution in [0.4, 0.5) is 4.39 Å². The summed E-state index contributed by atoms with van der Waals surface area (Å²) in [4.78, 5) is 7.35. The number of aromatic nitrogens is 1. The van der Waals surface area contributed by atoms with Crippen molar-refractivity contribution in [2.75, 3.05) is 40.0 Å². The Balaban J connectivity index is 1.34. The average Bonchev–Trinajstić information content (AvgIpc) is 3.29. The first-order valence-electron chi connectivity index (χ1n) is 9.15. The molecular weight excluding hydrogens is 335 g/mol. The minimum absolute atomic E-state index is 0.224. The van der Waals surface area contributed by atoms with Crippen molar-refractivity contribution >= 4 is 16.9 Å². The molecule has 2 heterocycles. The lowest BCUT2D eigenvalue weighted by Crippen LogP contribution is -2.39. The van der Waals surface area contributed by atoms with Crippen LogP contribution in [0, 0.1) is 5.82 Å². The van der Waals surface area contributed by atoms with Crippen molar-refractivity contribution in [3.63, 3.8) is 0 Å². The molecule has 0 aliphatic carbocycles. The van der Waals surface area contributed by atoms with Gasteiger partial charge in [0.05, 0.1) is 12.7 Å². The lowest BCUT2D eigenvalue weighted by atomic mass is 10.1. The second kappa shape index (κ2) is 9.54. The summed E-state index contributed by atoms with van der Waals surface area (Å²) in [6.07, 6.45) is 4.95. The molecule has 1 aromatic carbocycles. The van der Waals surface area contributed by atoms with Crippen molar-refractivity contribution in [1.29, 1.82) is 0 Å². The number of hydrogen-bond acceptors (Lipinski definition) is 3. The van der Waals surface area contributed by atoms with Crippen molar-refractivity contribution in [2.45, 2.75) is 25.4 Å². The van der Waals surface area contributed by atoms with Crippen molar-refractivity contribution in [3.8, 4) is 0 Å². The fourth-order valence-electron chi connectivity index (χ4n) is 3.07. The van der Waals surface area contributed by atoms with Gasteiger partial charge >= 0.3 is 0 Å². The van der Waals surface area contributed by atoms with E-state index in [0.29, 0.717) is 0 Å². The van der Waals surface area contributed by atoms with Crippen LogP contribution in [0.5, 0.6) is 0 Å². The Bertz CT molecular complexity index is 725. The van der Waals surface area contributed by atoms with Crippen LogP contribution in [0.15, 0.2) is 29.4 Å². The van der Waals surface area contributed by atoms with Crippen LogP contribution in [0.3, 0.4) is 0 Å². The fraction of sp³-hybridized carbons (Fsp3) is 0.526. The SMILES string of the molecule is CN=C(NCCCOC1CCOC1)NCCc1c[nH]c2cc(F)ccc12. The van der Waals surface area contributed by atoms with E-state index in [0.717, 1.165) is 74.6 Å². The van der Waals surface area contributed by atoms with E-state index in [4.69, 9.17) is 9.47 Å². The molecule has 1 aliphatic rings. The van der Waals surface area contributed by atoms with Crippen molar-refractivity contribution in [3.05, 3.63) is 35.8 Å². The van der Waals surface area contributed by atoms with Gasteiger partial charge in [-0.05, 0) is 43.0 Å². The van der Waals surface area contributed by atoms with Gasteiger partial charge in [0, 0.05) is 50.5 Å². The van der Waals surface area contributed by atoms with Gasteiger partial charge in [0.1, 0.15) is 5.82 Å². The van der Waals surface area contributed by atoms with E-state index in [2.05, 4.69) is 20.6 Å². The quantitative estimate of drug-likeness (QED) is 0.383. The molecule has 0 amide bonds. The molecule has 3 N–H and O–H groups in total. The lowest BCUT2D eigenvalue weighted by Gasteiger charge is -2.13. The number of ether oxygens (including phenoxy) is 2. The second-order valence-corrected chi connectivity index (χ2v) is 6.39. The smallest absolute Gasteiger partial charge is 0.190 e. The van der Waals surface area contributed by atoms with Crippen molar-refractivity contribution in [2.24, 2.45) is 4.99 Å². The monoisotopic (exact) mass is 362 g/mol. The molecule has 1 aromatic heterocycles. The molecule has 1 fully saturated rings. The third kappa shape index (κ3) is 5.19. The molecule has 0 saturated carbocycles. The van der Waals surface area contributed by atoms with E-state index in [1.807, 2.05) is 12.3 Å². The molecule has 0 spiro atoms. The summed E-state index contributed by atoms with van der Waals surface area (Å²) in [6, 6.07) is 4.83. The first-order valence-corrected chi connectivity index (χ1v) is 9.15. The van der Waals surface area contributed by atoms with Gasteiger partial charge in [0.15, 0.2) is 5.96 Å². The summed E-state index contributed by atoms with van der Waals surface area (Å²) >= 11 is 0. The lowest BCUT2D eigenvalue weighted by molar-refractivity contribution is 0.0420. The van der Waals surface area contributed by atoms with Gasteiger partial charge in [0.25, 0.3) is 0 Å². The number of fused-ring (bicyclic) bond motifs is 1. The topological polar surface area (TPSA) is 70.7 Å². The van der Waals surface area contributed by atoms with Gasteiger partial charge in [-0.2, -0.15) is 0 Å². The summed E-state index contributed by atoms with van der Waals surface area (Å²) in [5, 5.41) is 7.66. The number of guanidine groups is 1. The standard InChI is InChI=1S/C19H27FN4O2/c1-21-19(22-7-2-9-26-16-6-10-25-13-16)23-8-5-14-12-24-18-11-15(20)3-4-17(14)18/h3-4,11-12,16,24H,2,5-10,13H2,1H3,(H2,21,22,23). The van der Waals surface area contributed by atoms with Gasteiger partial charge in [-0.25, -0.2) is 4.39 Å². The predicted molar refractivity (Wildman–Crippen MR) is 101 cm³/mol. The highest BCUT2D eigenvalue weighted by atomic mass is 19.1. The number of aromatic amines is 1. The number of aliphatic imine (C=N–C) groups is 1. The zero-order valence-electron chi connectivity index (χ0n) is 15.2. The fourth-order valence-corrected chi connectivity index (χ4v) is 3.07. The van der Waals surface area contributed by atoms with Crippen LogP contribution in [0.1, 0.15) is 18.4 Å². The third-order valence-corrected chi connectivity index (χ3v) is 4.49. The Labute approximate surface area is 153 Å². The van der Waals surface area contributed by atoms with Gasteiger partial charge < -0.3 is 25.1 Å². The largest absolute Gasteiger partial charge is 0.379 e. The van der Waals surface area contributed by atoms with Gasteiger partial charge in [-0.1, -0.05) is 0 Å². The Morgan fingerprint density at radius 1 is 1.38 bits per heavy atom. The number of rotatable bonds is 8. The molecule has 26 heavy (non-hydrogen) atoms. The van der Waals surface area contributed by atoms with E-state index in [1.54, 1.807) is 7.05 Å². The molecule has 1 saturated heterocycles. The Hall–Kier alpha value is -2.12. The Morgan fingerprint density at radius 3 is 3.08 bits per heavy atom. The van der Waals surface area contributed by atoms with Crippen LogP contribution in [0.25, 0.3) is 10.9 Å². The molecule has 3 rings (SSSR count). The van der Waals surface area contributed by atoms with E-state index >= 15 is 0 Å². The number of nitrogens with one attached hydrogen (secondary N) is 3. The van der Waals surface area contributed by atoms with Crippen molar-refractivity contribution in [1.82, 2.24) is 15.6 Å². The number of H-pyrrole nitrogens is 1. The summed E-state index contributed by atoms with van der Waals surface area (Å²) in [6.45, 7) is 3.81. The van der Waals surface area contributed by atoms with Crippen LogP contribution in [-0.4, -0.2) is 57.0 Å². The van der Waals surface area contributed by atoms with Crippen LogP contribution < -0.4 is 10.6 Å². The van der Waals surface area contributed by atoms with Gasteiger partial charge in [-0.15, -0.1) is 0 Å². The normalized spacial score (nSPS) is 17.8. The second-order valence-electron chi connectivity index (χ2n) is 6.39. The van der Waals surface area contributed by atoms with Gasteiger partial charge in [0.2, 0.25) is 0 Å². The minimum atomic E-state index is -0.224. The molecule has 1 aliphatic heterocycles. The molecule has 2 aromatic rings. The van der Waals surface area contributed by atoms with E-state index < -0.39 is 0 Å². The first kappa shape index (κ1) is 18.7. The predicted octanol–water partition coefficient (Wildman–Crippen LogP) is 2.21. The van der Waals surface area contributed by atoms with Crippen LogP contribution in [-0.2, 0) is 15.9 Å².